The van der Waals surface area contributed by atoms with Crippen LogP contribution in [0.5, 0.6) is 0 Å². The van der Waals surface area contributed by atoms with Crippen LogP contribution in [0, 0.1) is 5.41 Å². The number of aliphatic hydroxyl groups is 1. The Kier molecular flexibility index (Phi) is 7.98. The van der Waals surface area contributed by atoms with Gasteiger partial charge in [-0.15, -0.1) is 0 Å². The highest BCUT2D eigenvalue weighted by Gasteiger charge is 2.45. The van der Waals surface area contributed by atoms with E-state index in [9.17, 15) is 14.7 Å². The Labute approximate surface area is 184 Å². The quantitative estimate of drug-likeness (QED) is 0.198. The number of ketones is 1. The van der Waals surface area contributed by atoms with Crippen molar-refractivity contribution in [3.8, 4) is 0 Å². The average Bonchev–Trinajstić information content (AvgIpc) is 2.70. The molecule has 0 saturated carbocycles. The first-order valence-corrected chi connectivity index (χ1v) is 10.3. The van der Waals surface area contributed by atoms with Crippen LogP contribution in [0.4, 0.5) is 0 Å². The van der Waals surface area contributed by atoms with E-state index in [0.29, 0.717) is 11.1 Å². The van der Waals surface area contributed by atoms with Crippen molar-refractivity contribution in [3.63, 3.8) is 0 Å². The number of hydrogen-bond donors (Lipinski definition) is 1. The minimum Gasteiger partial charge on any atom is -0.511 e. The van der Waals surface area contributed by atoms with Crippen LogP contribution in [0.2, 0.25) is 0 Å². The highest BCUT2D eigenvalue weighted by atomic mass is 16.7. The molecule has 1 aliphatic rings. The van der Waals surface area contributed by atoms with Gasteiger partial charge in [0.2, 0.25) is 0 Å². The molecule has 2 atom stereocenters. The summed E-state index contributed by atoms with van der Waals surface area (Å²) in [5.74, 6) is -0.724. The third-order valence-corrected chi connectivity index (χ3v) is 5.20. The SMILES string of the molecule is C=C(C)C(=O)OCCOC(C)OC1(C(C)(C)C)C=CC(C(=O)c2ccccc2)=C(O)C1. The number of Topliss-reactive ketones (excluding diaryl/α,β-unsaturated/α-hetero) is 1. The molecule has 168 valence electrons. The van der Waals surface area contributed by atoms with E-state index in [1.54, 1.807) is 44.2 Å². The molecule has 2 rings (SSSR count). The molecular weight excluding hydrogens is 396 g/mol. The molecule has 0 heterocycles. The molecule has 1 aromatic rings. The summed E-state index contributed by atoms with van der Waals surface area (Å²) >= 11 is 0. The van der Waals surface area contributed by atoms with Crippen LogP contribution < -0.4 is 0 Å². The Bertz CT molecular complexity index is 875. The van der Waals surface area contributed by atoms with E-state index in [1.165, 1.54) is 0 Å². The van der Waals surface area contributed by atoms with Crippen LogP contribution in [0.15, 0.2) is 66.0 Å². The molecule has 1 aromatic carbocycles. The topological polar surface area (TPSA) is 82.1 Å². The monoisotopic (exact) mass is 428 g/mol. The lowest BCUT2D eigenvalue weighted by atomic mass is 9.71. The van der Waals surface area contributed by atoms with E-state index in [0.717, 1.165) is 0 Å². The summed E-state index contributed by atoms with van der Waals surface area (Å²) < 4.78 is 16.9. The van der Waals surface area contributed by atoms with Crippen molar-refractivity contribution in [2.24, 2.45) is 5.41 Å². The number of rotatable bonds is 9. The maximum absolute atomic E-state index is 12.8. The van der Waals surface area contributed by atoms with Crippen LogP contribution in [0.1, 0.15) is 51.4 Å². The number of carbonyl (C=O) groups is 2. The Morgan fingerprint density at radius 1 is 1.19 bits per heavy atom. The molecule has 6 nitrogen and oxygen atoms in total. The minimum atomic E-state index is -0.884. The Hall–Kier alpha value is -2.70. The number of carbonyl (C=O) groups excluding carboxylic acids is 2. The molecule has 0 aliphatic heterocycles. The van der Waals surface area contributed by atoms with Crippen LogP contribution in [0.25, 0.3) is 0 Å². The van der Waals surface area contributed by atoms with Crippen LogP contribution in [0.3, 0.4) is 0 Å². The molecule has 1 N–H and O–H groups in total. The van der Waals surface area contributed by atoms with Gasteiger partial charge >= 0.3 is 5.97 Å². The number of benzene rings is 1. The minimum absolute atomic E-state index is 0.0196. The first kappa shape index (κ1) is 24.6. The van der Waals surface area contributed by atoms with Gasteiger partial charge in [0.05, 0.1) is 12.2 Å². The number of aliphatic hydroxyl groups excluding tert-OH is 1. The first-order chi connectivity index (χ1) is 14.5. The van der Waals surface area contributed by atoms with Gasteiger partial charge in [-0.3, -0.25) is 4.79 Å². The van der Waals surface area contributed by atoms with E-state index >= 15 is 0 Å². The molecular formula is C25H32O6. The number of hydrogen-bond acceptors (Lipinski definition) is 6. The van der Waals surface area contributed by atoms with Gasteiger partial charge in [-0.05, 0) is 25.3 Å². The summed E-state index contributed by atoms with van der Waals surface area (Å²) in [6, 6.07) is 8.84. The summed E-state index contributed by atoms with van der Waals surface area (Å²) in [4.78, 5) is 24.2. The molecule has 31 heavy (non-hydrogen) atoms. The smallest absolute Gasteiger partial charge is 0.333 e. The Morgan fingerprint density at radius 3 is 2.39 bits per heavy atom. The van der Waals surface area contributed by atoms with Gasteiger partial charge in [-0.25, -0.2) is 4.79 Å². The second-order valence-electron chi connectivity index (χ2n) is 8.68. The molecule has 0 aromatic heterocycles. The van der Waals surface area contributed by atoms with Crippen molar-refractivity contribution in [2.45, 2.75) is 52.9 Å². The highest BCUT2D eigenvalue weighted by molar-refractivity contribution is 6.11. The molecule has 0 amide bonds. The van der Waals surface area contributed by atoms with Gasteiger partial charge in [-0.1, -0.05) is 63.8 Å². The zero-order valence-corrected chi connectivity index (χ0v) is 18.9. The molecule has 2 unspecified atom stereocenters. The Morgan fingerprint density at radius 2 is 1.84 bits per heavy atom. The van der Waals surface area contributed by atoms with Gasteiger partial charge in [0, 0.05) is 17.6 Å². The van der Waals surface area contributed by atoms with Crippen LogP contribution in [-0.4, -0.2) is 42.0 Å². The summed E-state index contributed by atoms with van der Waals surface area (Å²) in [7, 11) is 0. The second-order valence-corrected chi connectivity index (χ2v) is 8.68. The summed E-state index contributed by atoms with van der Waals surface area (Å²) in [6.07, 6.45) is 2.95. The predicted octanol–water partition coefficient (Wildman–Crippen LogP) is 4.92. The van der Waals surface area contributed by atoms with E-state index in [1.807, 2.05) is 32.9 Å². The van der Waals surface area contributed by atoms with Crippen molar-refractivity contribution in [3.05, 3.63) is 71.5 Å². The molecule has 1 aliphatic carbocycles. The maximum Gasteiger partial charge on any atom is 0.333 e. The van der Waals surface area contributed by atoms with Gasteiger partial charge in [0.1, 0.15) is 18.0 Å². The standard InChI is InChI=1S/C25H32O6/c1-17(2)23(28)30-15-14-29-18(3)31-25(24(4,5)6)13-12-20(21(26)16-25)22(27)19-10-8-7-9-11-19/h7-13,18,26H,1,14-16H2,2-6H3. The Balaban J connectivity index is 2.08. The van der Waals surface area contributed by atoms with Crippen molar-refractivity contribution in [1.82, 2.24) is 0 Å². The van der Waals surface area contributed by atoms with Gasteiger partial charge < -0.3 is 19.3 Å². The number of ether oxygens (including phenoxy) is 3. The lowest BCUT2D eigenvalue weighted by Gasteiger charge is -2.45. The van der Waals surface area contributed by atoms with Gasteiger partial charge in [-0.2, -0.15) is 0 Å². The van der Waals surface area contributed by atoms with E-state index in [4.69, 9.17) is 14.2 Å². The molecule has 6 heteroatoms. The molecule has 0 spiro atoms. The maximum atomic E-state index is 12.8. The van der Waals surface area contributed by atoms with Crippen molar-refractivity contribution in [2.75, 3.05) is 13.2 Å². The first-order valence-electron chi connectivity index (χ1n) is 10.3. The molecule has 0 radical (unpaired) electrons. The fraction of sp³-hybridized carbons (Fsp3) is 0.440. The van der Waals surface area contributed by atoms with Gasteiger partial charge in [0.25, 0.3) is 0 Å². The fourth-order valence-electron chi connectivity index (χ4n) is 3.24. The highest BCUT2D eigenvalue weighted by Crippen LogP contribution is 2.44. The largest absolute Gasteiger partial charge is 0.511 e. The lowest BCUT2D eigenvalue weighted by molar-refractivity contribution is -0.220. The molecule has 0 saturated heterocycles. The summed E-state index contributed by atoms with van der Waals surface area (Å²) in [6.45, 7) is 13.1. The third-order valence-electron chi connectivity index (χ3n) is 5.20. The zero-order chi connectivity index (χ0) is 23.2. The average molecular weight is 429 g/mol. The van der Waals surface area contributed by atoms with Crippen molar-refractivity contribution >= 4 is 11.8 Å². The normalized spacial score (nSPS) is 19.8. The summed E-state index contributed by atoms with van der Waals surface area (Å²) in [5, 5.41) is 10.8. The van der Waals surface area contributed by atoms with Crippen LogP contribution >= 0.6 is 0 Å². The van der Waals surface area contributed by atoms with E-state index in [2.05, 4.69) is 6.58 Å². The second kappa shape index (κ2) is 10.1. The van der Waals surface area contributed by atoms with E-state index < -0.39 is 23.3 Å². The zero-order valence-electron chi connectivity index (χ0n) is 18.9. The predicted molar refractivity (Wildman–Crippen MR) is 119 cm³/mol. The number of esters is 1. The van der Waals surface area contributed by atoms with Crippen molar-refractivity contribution in [1.29, 1.82) is 0 Å². The lowest BCUT2D eigenvalue weighted by Crippen LogP contribution is -2.48. The number of allylic oxidation sites excluding steroid dienone is 2. The molecule has 0 fully saturated rings. The molecule has 0 bridgehead atoms. The fourth-order valence-corrected chi connectivity index (χ4v) is 3.24. The van der Waals surface area contributed by atoms with Gasteiger partial charge in [0.15, 0.2) is 12.1 Å². The van der Waals surface area contributed by atoms with E-state index in [-0.39, 0.29) is 36.8 Å². The summed E-state index contributed by atoms with van der Waals surface area (Å²) in [5.41, 5.74) is -0.186. The van der Waals surface area contributed by atoms with Crippen molar-refractivity contribution < 1.29 is 28.9 Å². The van der Waals surface area contributed by atoms with Crippen LogP contribution in [-0.2, 0) is 19.0 Å². The third kappa shape index (κ3) is 6.15.